The topological polar surface area (TPSA) is 3.24 Å². The third kappa shape index (κ3) is 2.98. The van der Waals surface area contributed by atoms with Gasteiger partial charge in [0.2, 0.25) is 0 Å². The van der Waals surface area contributed by atoms with Crippen LogP contribution >= 0.6 is 0 Å². The molecule has 4 heteroatoms. The van der Waals surface area contributed by atoms with Gasteiger partial charge in [0.05, 0.1) is 12.0 Å². The molecule has 0 aromatic rings. The molecule has 1 nitrogen and oxygen atoms in total. The Labute approximate surface area is 203 Å². The summed E-state index contributed by atoms with van der Waals surface area (Å²) in [6.45, 7) is 14.0. The number of hydrogen-bond acceptors (Lipinski definition) is 1. The third-order valence-electron chi connectivity index (χ3n) is 11.6. The number of alkyl halides is 3. The highest BCUT2D eigenvalue weighted by atomic mass is 19.4. The van der Waals surface area contributed by atoms with Gasteiger partial charge in [-0.05, 0) is 103 Å². The van der Waals surface area contributed by atoms with Crippen LogP contribution in [0.2, 0.25) is 0 Å². The molecule has 6 aliphatic rings. The molecule has 0 radical (unpaired) electrons. The molecule has 11 unspecified atom stereocenters. The predicted octanol–water partition coefficient (Wildman–Crippen LogP) is 8.01. The van der Waals surface area contributed by atoms with Crippen molar-refractivity contribution in [3.05, 3.63) is 35.6 Å². The van der Waals surface area contributed by atoms with Gasteiger partial charge in [-0.1, -0.05) is 52.8 Å². The predicted molar refractivity (Wildman–Crippen MR) is 131 cm³/mol. The van der Waals surface area contributed by atoms with Gasteiger partial charge in [0.15, 0.2) is 0 Å². The Bertz CT molecular complexity index is 959. The zero-order valence-electron chi connectivity index (χ0n) is 21.7. The Morgan fingerprint density at radius 2 is 1.76 bits per heavy atom. The summed E-state index contributed by atoms with van der Waals surface area (Å²) in [5.41, 5.74) is 3.49. The van der Waals surface area contributed by atoms with Crippen LogP contribution in [0.1, 0.15) is 73.6 Å². The Morgan fingerprint density at radius 1 is 1.03 bits per heavy atom. The van der Waals surface area contributed by atoms with E-state index >= 15 is 0 Å². The van der Waals surface area contributed by atoms with Crippen molar-refractivity contribution in [1.29, 1.82) is 0 Å². The lowest BCUT2D eigenvalue weighted by molar-refractivity contribution is -0.199. The minimum absolute atomic E-state index is 0.115. The standard InChI is InChI=1S/C30H42F3N/c1-16(2)23-13-19(30(31,32)33)14-24-20(23)7-8-22-21(24)9-10-34-27(22)25-12-17(3)11-18(4)26(25)28(5)15-29(28,34)6/h8-10,12,16-21,23-24,26-27H,7,11,13-15H2,1-6H3. The average Bonchev–Trinajstić information content (AvgIpc) is 3.33. The van der Waals surface area contributed by atoms with Crippen molar-refractivity contribution in [3.63, 3.8) is 0 Å². The summed E-state index contributed by atoms with van der Waals surface area (Å²) in [4.78, 5) is 2.63. The first kappa shape index (κ1) is 23.2. The Balaban J connectivity index is 1.43. The van der Waals surface area contributed by atoms with Gasteiger partial charge >= 0.3 is 6.18 Å². The van der Waals surface area contributed by atoms with Crippen LogP contribution in [0.3, 0.4) is 0 Å². The van der Waals surface area contributed by atoms with E-state index < -0.39 is 12.1 Å². The van der Waals surface area contributed by atoms with Crippen LogP contribution in [0, 0.1) is 58.7 Å². The summed E-state index contributed by atoms with van der Waals surface area (Å²) < 4.78 is 42.1. The van der Waals surface area contributed by atoms with E-state index in [1.807, 2.05) is 0 Å². The van der Waals surface area contributed by atoms with Crippen molar-refractivity contribution < 1.29 is 13.2 Å². The van der Waals surface area contributed by atoms with E-state index in [9.17, 15) is 13.2 Å². The molecular formula is C30H42F3N. The minimum atomic E-state index is -4.08. The first-order valence-corrected chi connectivity index (χ1v) is 13.8. The molecule has 188 valence electrons. The van der Waals surface area contributed by atoms with Crippen molar-refractivity contribution in [2.24, 2.45) is 58.7 Å². The Hall–Kier alpha value is -1.19. The number of hydrogen-bond donors (Lipinski definition) is 0. The molecule has 1 saturated heterocycles. The molecule has 6 rings (SSSR count). The normalized spacial score (nSPS) is 51.5. The second-order valence-corrected chi connectivity index (χ2v) is 13.8. The summed E-state index contributed by atoms with van der Waals surface area (Å²) >= 11 is 0. The molecular weight excluding hydrogens is 431 g/mol. The maximum absolute atomic E-state index is 14.0. The highest BCUT2D eigenvalue weighted by Crippen LogP contribution is 2.73. The summed E-state index contributed by atoms with van der Waals surface area (Å²) in [6.07, 6.45) is 9.65. The van der Waals surface area contributed by atoms with Gasteiger partial charge in [0.1, 0.15) is 0 Å². The first-order chi connectivity index (χ1) is 15.9. The van der Waals surface area contributed by atoms with Gasteiger partial charge in [0.25, 0.3) is 0 Å². The fraction of sp³-hybridized carbons (Fsp3) is 0.800. The molecule has 0 bridgehead atoms. The minimum Gasteiger partial charge on any atom is -0.361 e. The van der Waals surface area contributed by atoms with Crippen molar-refractivity contribution in [3.8, 4) is 0 Å². The molecule has 0 amide bonds. The monoisotopic (exact) mass is 473 g/mol. The van der Waals surface area contributed by atoms with E-state index in [0.29, 0.717) is 47.8 Å². The molecule has 0 N–H and O–H groups in total. The van der Waals surface area contributed by atoms with Crippen LogP contribution in [0.5, 0.6) is 0 Å². The smallest absolute Gasteiger partial charge is 0.361 e. The molecule has 3 fully saturated rings. The van der Waals surface area contributed by atoms with Gasteiger partial charge in [0, 0.05) is 11.5 Å². The van der Waals surface area contributed by atoms with Crippen LogP contribution in [-0.4, -0.2) is 22.7 Å². The molecule has 11 atom stereocenters. The Morgan fingerprint density at radius 3 is 2.44 bits per heavy atom. The van der Waals surface area contributed by atoms with Gasteiger partial charge in [-0.25, -0.2) is 0 Å². The fourth-order valence-corrected chi connectivity index (χ4v) is 9.96. The van der Waals surface area contributed by atoms with Crippen molar-refractivity contribution in [2.45, 2.75) is 91.4 Å². The summed E-state index contributed by atoms with van der Waals surface area (Å²) in [5, 5.41) is 0. The van der Waals surface area contributed by atoms with Crippen LogP contribution < -0.4 is 0 Å². The first-order valence-electron chi connectivity index (χ1n) is 13.8. The number of halogens is 3. The van der Waals surface area contributed by atoms with Crippen molar-refractivity contribution >= 4 is 0 Å². The quantitative estimate of drug-likeness (QED) is 0.349. The number of nitrogens with zero attached hydrogens (tertiary/aromatic N) is 1. The van der Waals surface area contributed by atoms with Crippen LogP contribution in [0.4, 0.5) is 13.2 Å². The fourth-order valence-electron chi connectivity index (χ4n) is 9.96. The van der Waals surface area contributed by atoms with E-state index in [1.165, 1.54) is 18.4 Å². The molecule has 2 saturated carbocycles. The summed E-state index contributed by atoms with van der Waals surface area (Å²) in [7, 11) is 0. The van der Waals surface area contributed by atoms with Gasteiger partial charge in [-0.3, -0.25) is 0 Å². The highest BCUT2D eigenvalue weighted by Gasteiger charge is 2.73. The summed E-state index contributed by atoms with van der Waals surface area (Å²) in [5.74, 6) is 1.80. The van der Waals surface area contributed by atoms with E-state index in [1.54, 1.807) is 5.57 Å². The van der Waals surface area contributed by atoms with E-state index in [4.69, 9.17) is 0 Å². The lowest BCUT2D eigenvalue weighted by Crippen LogP contribution is -2.58. The number of allylic oxidation sites excluding steroid dienone is 3. The lowest BCUT2D eigenvalue weighted by Gasteiger charge is -2.58. The van der Waals surface area contributed by atoms with Crippen LogP contribution in [0.25, 0.3) is 0 Å². The SMILES string of the molecule is CC1C=C2C3C4=CCC5C(C(C)C)CC(C(F)(F)F)CC5C4C=CN3C3(C)CC3(C)C2C(C)C1. The molecule has 4 aliphatic carbocycles. The second-order valence-electron chi connectivity index (χ2n) is 13.8. The van der Waals surface area contributed by atoms with E-state index in [0.717, 1.165) is 6.42 Å². The van der Waals surface area contributed by atoms with Gasteiger partial charge in [-0.2, -0.15) is 13.2 Å². The van der Waals surface area contributed by atoms with Crippen molar-refractivity contribution in [1.82, 2.24) is 4.90 Å². The van der Waals surface area contributed by atoms with E-state index in [2.05, 4.69) is 70.9 Å². The third-order valence-corrected chi connectivity index (χ3v) is 11.6. The van der Waals surface area contributed by atoms with Gasteiger partial charge < -0.3 is 4.90 Å². The van der Waals surface area contributed by atoms with Crippen LogP contribution in [0.15, 0.2) is 35.6 Å². The number of fused-ring (bicyclic) bond motifs is 10. The number of piperidine rings is 1. The molecule has 0 spiro atoms. The maximum atomic E-state index is 14.0. The molecule has 0 aromatic heterocycles. The average molecular weight is 474 g/mol. The van der Waals surface area contributed by atoms with Crippen molar-refractivity contribution in [2.75, 3.05) is 0 Å². The zero-order chi connectivity index (χ0) is 24.4. The van der Waals surface area contributed by atoms with Crippen LogP contribution in [-0.2, 0) is 0 Å². The lowest BCUT2D eigenvalue weighted by atomic mass is 9.54. The molecule has 2 aliphatic heterocycles. The molecule has 34 heavy (non-hydrogen) atoms. The zero-order valence-corrected chi connectivity index (χ0v) is 21.7. The largest absolute Gasteiger partial charge is 0.391 e. The maximum Gasteiger partial charge on any atom is 0.391 e. The Kier molecular flexibility index (Phi) is 4.91. The second kappa shape index (κ2) is 7.19. The number of rotatable bonds is 1. The van der Waals surface area contributed by atoms with Gasteiger partial charge in [-0.15, -0.1) is 0 Å². The molecule has 0 aromatic carbocycles. The summed E-state index contributed by atoms with van der Waals surface area (Å²) in [6, 6.07) is 0.260. The van der Waals surface area contributed by atoms with E-state index in [-0.39, 0.29) is 29.3 Å². The molecule has 2 heterocycles. The highest BCUT2D eigenvalue weighted by molar-refractivity contribution is 5.47.